The Kier molecular flexibility index (Phi) is 9.65. The van der Waals surface area contributed by atoms with Crippen molar-refractivity contribution in [3.8, 4) is 0 Å². The molecule has 1 unspecified atom stereocenters. The zero-order chi connectivity index (χ0) is 13.1. The number of aliphatic hydroxyl groups excluding tert-OH is 1. The Morgan fingerprint density at radius 2 is 2.06 bits per heavy atom. The van der Waals surface area contributed by atoms with E-state index in [9.17, 15) is 9.59 Å². The number of carbonyl (C=O) groups excluding carboxylic acids is 1. The third kappa shape index (κ3) is 8.82. The van der Waals surface area contributed by atoms with Crippen LogP contribution in [0.3, 0.4) is 0 Å². The van der Waals surface area contributed by atoms with Gasteiger partial charge in [0, 0.05) is 19.6 Å². The molecule has 0 heterocycles. The van der Waals surface area contributed by atoms with E-state index in [0.29, 0.717) is 6.54 Å². The summed E-state index contributed by atoms with van der Waals surface area (Å²) in [6, 6.07) is -1.54. The summed E-state index contributed by atoms with van der Waals surface area (Å²) in [5, 5.41) is 22.2. The maximum Gasteiger partial charge on any atom is 0.326 e. The van der Waals surface area contributed by atoms with E-state index in [2.05, 4.69) is 10.6 Å². The number of thioether (sulfide) groups is 1. The Morgan fingerprint density at radius 1 is 1.35 bits per heavy atom. The van der Waals surface area contributed by atoms with Crippen LogP contribution in [0.1, 0.15) is 19.3 Å². The zero-order valence-electron chi connectivity index (χ0n) is 9.94. The van der Waals surface area contributed by atoms with E-state index in [0.717, 1.165) is 18.6 Å². The maximum absolute atomic E-state index is 11.3. The molecule has 0 aromatic heterocycles. The number of carboxylic acids is 1. The van der Waals surface area contributed by atoms with E-state index in [1.54, 1.807) is 11.8 Å². The fourth-order valence-corrected chi connectivity index (χ4v) is 1.66. The smallest absolute Gasteiger partial charge is 0.326 e. The molecule has 7 heteroatoms. The average molecular weight is 264 g/mol. The summed E-state index contributed by atoms with van der Waals surface area (Å²) in [6.07, 6.45) is 3.91. The van der Waals surface area contributed by atoms with Crippen molar-refractivity contribution in [1.29, 1.82) is 0 Å². The van der Waals surface area contributed by atoms with Crippen LogP contribution in [0.25, 0.3) is 0 Å². The maximum atomic E-state index is 11.3. The summed E-state index contributed by atoms with van der Waals surface area (Å²) in [5.74, 6) is -0.0949. The molecule has 0 aliphatic rings. The number of hydrogen-bond donors (Lipinski definition) is 4. The van der Waals surface area contributed by atoms with Gasteiger partial charge in [0.1, 0.15) is 6.04 Å². The fourth-order valence-electron chi connectivity index (χ4n) is 1.17. The second-order valence-corrected chi connectivity index (χ2v) is 4.49. The van der Waals surface area contributed by atoms with Crippen LogP contribution < -0.4 is 10.6 Å². The lowest BCUT2D eigenvalue weighted by molar-refractivity contribution is -0.139. The molecule has 0 aromatic rings. The molecule has 2 amide bonds. The van der Waals surface area contributed by atoms with Gasteiger partial charge in [-0.1, -0.05) is 0 Å². The molecule has 100 valence electrons. The van der Waals surface area contributed by atoms with E-state index in [4.69, 9.17) is 10.2 Å². The monoisotopic (exact) mass is 264 g/mol. The van der Waals surface area contributed by atoms with Crippen LogP contribution in [-0.4, -0.2) is 53.4 Å². The van der Waals surface area contributed by atoms with Gasteiger partial charge in [0.2, 0.25) is 0 Å². The molecule has 0 rings (SSSR count). The average Bonchev–Trinajstić information content (AvgIpc) is 2.28. The summed E-state index contributed by atoms with van der Waals surface area (Å²) >= 11 is 1.75. The number of rotatable bonds is 9. The van der Waals surface area contributed by atoms with Crippen LogP contribution in [0, 0.1) is 0 Å². The van der Waals surface area contributed by atoms with E-state index in [1.165, 1.54) is 0 Å². The molecule has 0 aliphatic heterocycles. The molecule has 0 spiro atoms. The molecule has 0 saturated carbocycles. The molecule has 4 N–H and O–H groups in total. The second-order valence-electron chi connectivity index (χ2n) is 3.50. The zero-order valence-corrected chi connectivity index (χ0v) is 10.8. The van der Waals surface area contributed by atoms with Gasteiger partial charge in [-0.05, 0) is 24.9 Å². The number of amides is 2. The molecule has 0 aliphatic carbocycles. The highest BCUT2D eigenvalue weighted by Gasteiger charge is 2.18. The van der Waals surface area contributed by atoms with E-state index in [1.807, 2.05) is 6.26 Å². The molecule has 6 nitrogen and oxygen atoms in total. The topological polar surface area (TPSA) is 98.7 Å². The van der Waals surface area contributed by atoms with Crippen molar-refractivity contribution in [2.75, 3.05) is 25.2 Å². The van der Waals surface area contributed by atoms with Gasteiger partial charge < -0.3 is 20.8 Å². The standard InChI is InChI=1S/C10H20N2O4S/c1-17-7-3-2-5-11-10(16)12-8(4-6-13)9(14)15/h8,13H,2-7H2,1H3,(H,14,15)(H2,11,12,16). The van der Waals surface area contributed by atoms with Crippen LogP contribution in [0.4, 0.5) is 4.79 Å². The van der Waals surface area contributed by atoms with Crippen molar-refractivity contribution in [3.63, 3.8) is 0 Å². The number of carboxylic acid groups (broad SMARTS) is 1. The third-order valence-electron chi connectivity index (χ3n) is 2.08. The molecular formula is C10H20N2O4S. The third-order valence-corrected chi connectivity index (χ3v) is 2.78. The van der Waals surface area contributed by atoms with Gasteiger partial charge in [0.05, 0.1) is 0 Å². The van der Waals surface area contributed by atoms with Crippen molar-refractivity contribution < 1.29 is 19.8 Å². The van der Waals surface area contributed by atoms with Crippen LogP contribution in [0.5, 0.6) is 0 Å². The van der Waals surface area contributed by atoms with Crippen LogP contribution in [0.2, 0.25) is 0 Å². The Labute approximate surface area is 105 Å². The van der Waals surface area contributed by atoms with E-state index < -0.39 is 18.0 Å². The number of aliphatic carboxylic acids is 1. The van der Waals surface area contributed by atoms with Gasteiger partial charge in [0.15, 0.2) is 0 Å². The Balaban J connectivity index is 3.71. The van der Waals surface area contributed by atoms with Crippen LogP contribution in [0.15, 0.2) is 0 Å². The number of carbonyl (C=O) groups is 2. The SMILES string of the molecule is CSCCCCNC(=O)NC(CCO)C(=O)O. The molecule has 0 radical (unpaired) electrons. The predicted molar refractivity (Wildman–Crippen MR) is 67.3 cm³/mol. The first-order valence-electron chi connectivity index (χ1n) is 5.48. The number of aliphatic hydroxyl groups is 1. The van der Waals surface area contributed by atoms with Crippen molar-refractivity contribution >= 4 is 23.8 Å². The number of unbranched alkanes of at least 4 members (excludes halogenated alkanes) is 1. The lowest BCUT2D eigenvalue weighted by Gasteiger charge is -2.13. The van der Waals surface area contributed by atoms with Gasteiger partial charge >= 0.3 is 12.0 Å². The lowest BCUT2D eigenvalue weighted by Crippen LogP contribution is -2.46. The normalized spacial score (nSPS) is 11.9. The largest absolute Gasteiger partial charge is 0.480 e. The number of hydrogen-bond acceptors (Lipinski definition) is 4. The molecule has 1 atom stereocenters. The van der Waals surface area contributed by atoms with Crippen LogP contribution in [-0.2, 0) is 4.79 Å². The molecule has 0 fully saturated rings. The van der Waals surface area contributed by atoms with Gasteiger partial charge in [-0.15, -0.1) is 0 Å². The van der Waals surface area contributed by atoms with Crippen molar-refractivity contribution in [1.82, 2.24) is 10.6 Å². The predicted octanol–water partition coefficient (Wildman–Crippen LogP) is 0.264. The van der Waals surface area contributed by atoms with Gasteiger partial charge in [0.25, 0.3) is 0 Å². The first kappa shape index (κ1) is 16.1. The van der Waals surface area contributed by atoms with Gasteiger partial charge in [-0.3, -0.25) is 0 Å². The quantitative estimate of drug-likeness (QED) is 0.448. The summed E-state index contributed by atoms with van der Waals surface area (Å²) in [5.41, 5.74) is 0. The molecule has 0 saturated heterocycles. The van der Waals surface area contributed by atoms with Gasteiger partial charge in [-0.2, -0.15) is 11.8 Å². The molecule has 0 aromatic carbocycles. The Bertz CT molecular complexity index is 238. The minimum Gasteiger partial charge on any atom is -0.480 e. The summed E-state index contributed by atoms with van der Waals surface area (Å²) in [6.45, 7) is 0.253. The fraction of sp³-hybridized carbons (Fsp3) is 0.800. The highest BCUT2D eigenvalue weighted by atomic mass is 32.2. The molecular weight excluding hydrogens is 244 g/mol. The Hall–Kier alpha value is -0.950. The van der Waals surface area contributed by atoms with Crippen molar-refractivity contribution in [2.45, 2.75) is 25.3 Å². The second kappa shape index (κ2) is 10.2. The van der Waals surface area contributed by atoms with Gasteiger partial charge in [-0.25, -0.2) is 9.59 Å². The summed E-state index contributed by atoms with van der Waals surface area (Å²) in [7, 11) is 0. The molecule has 0 bridgehead atoms. The lowest BCUT2D eigenvalue weighted by atomic mass is 10.2. The first-order chi connectivity index (χ1) is 8.11. The first-order valence-corrected chi connectivity index (χ1v) is 6.88. The van der Waals surface area contributed by atoms with Crippen LogP contribution >= 0.6 is 11.8 Å². The van der Waals surface area contributed by atoms with E-state index in [-0.39, 0.29) is 13.0 Å². The van der Waals surface area contributed by atoms with Crippen molar-refractivity contribution in [3.05, 3.63) is 0 Å². The minimum atomic E-state index is -1.14. The minimum absolute atomic E-state index is 0.00915. The highest BCUT2D eigenvalue weighted by molar-refractivity contribution is 7.98. The molecule has 17 heavy (non-hydrogen) atoms. The number of nitrogens with one attached hydrogen (secondary N) is 2. The summed E-state index contributed by atoms with van der Waals surface area (Å²) < 4.78 is 0. The van der Waals surface area contributed by atoms with E-state index >= 15 is 0 Å². The summed E-state index contributed by atoms with van der Waals surface area (Å²) in [4.78, 5) is 22.0. The highest BCUT2D eigenvalue weighted by Crippen LogP contribution is 1.97. The Morgan fingerprint density at radius 3 is 2.59 bits per heavy atom. The van der Waals surface area contributed by atoms with Crippen molar-refractivity contribution in [2.24, 2.45) is 0 Å². The number of urea groups is 1.